The van der Waals surface area contributed by atoms with Gasteiger partial charge in [0.05, 0.1) is 11.6 Å². The third-order valence-electron chi connectivity index (χ3n) is 4.85. The SMILES string of the molecule is O=C(O)C1(C(F)(F)F)C=Cc2cc(Cl)c(OCC3CCCCC3)c(Cl)c2O1. The van der Waals surface area contributed by atoms with Crippen LogP contribution in [0.3, 0.4) is 0 Å². The van der Waals surface area contributed by atoms with E-state index in [1.165, 1.54) is 12.5 Å². The first kappa shape index (κ1) is 20.1. The Morgan fingerprint density at radius 2 is 1.96 bits per heavy atom. The summed E-state index contributed by atoms with van der Waals surface area (Å²) in [6.45, 7) is 0.331. The molecule has 1 aromatic rings. The molecule has 3 rings (SSSR count). The van der Waals surface area contributed by atoms with Gasteiger partial charge in [0, 0.05) is 5.56 Å². The highest BCUT2D eigenvalue weighted by molar-refractivity contribution is 6.38. The number of carboxylic acid groups (broad SMARTS) is 1. The normalized spacial score (nSPS) is 22.9. The van der Waals surface area contributed by atoms with Crippen molar-refractivity contribution in [2.75, 3.05) is 6.61 Å². The predicted octanol–water partition coefficient (Wildman–Crippen LogP) is 5.74. The van der Waals surface area contributed by atoms with Crippen LogP contribution in [0, 0.1) is 5.92 Å². The molecule has 148 valence electrons. The van der Waals surface area contributed by atoms with Gasteiger partial charge in [-0.25, -0.2) is 4.79 Å². The molecule has 27 heavy (non-hydrogen) atoms. The summed E-state index contributed by atoms with van der Waals surface area (Å²) in [5.41, 5.74) is -3.37. The lowest BCUT2D eigenvalue weighted by molar-refractivity contribution is -0.235. The molecule has 2 aliphatic rings. The molecule has 1 heterocycles. The highest BCUT2D eigenvalue weighted by Crippen LogP contribution is 2.49. The molecule has 1 atom stereocenters. The Kier molecular flexibility index (Phi) is 5.54. The van der Waals surface area contributed by atoms with Gasteiger partial charge in [-0.3, -0.25) is 0 Å². The topological polar surface area (TPSA) is 55.8 Å². The maximum absolute atomic E-state index is 13.4. The molecular formula is C18H17Cl2F3O4. The number of hydrogen-bond donors (Lipinski definition) is 1. The van der Waals surface area contributed by atoms with Gasteiger partial charge in [-0.15, -0.1) is 0 Å². The molecule has 1 aliphatic carbocycles. The molecule has 1 N–H and O–H groups in total. The van der Waals surface area contributed by atoms with Crippen molar-refractivity contribution in [2.45, 2.75) is 43.9 Å². The summed E-state index contributed by atoms with van der Waals surface area (Å²) in [6.07, 6.45) is 1.60. The lowest BCUT2D eigenvalue weighted by Crippen LogP contribution is -2.56. The van der Waals surface area contributed by atoms with Crippen molar-refractivity contribution in [3.8, 4) is 11.5 Å². The van der Waals surface area contributed by atoms with Crippen molar-refractivity contribution in [2.24, 2.45) is 5.92 Å². The molecule has 0 bridgehead atoms. The van der Waals surface area contributed by atoms with Crippen molar-refractivity contribution in [1.29, 1.82) is 0 Å². The Labute approximate surface area is 163 Å². The zero-order valence-corrected chi connectivity index (χ0v) is 15.6. The van der Waals surface area contributed by atoms with Gasteiger partial charge in [0.1, 0.15) is 5.02 Å². The number of hydrogen-bond acceptors (Lipinski definition) is 3. The van der Waals surface area contributed by atoms with Crippen molar-refractivity contribution in [1.82, 2.24) is 0 Å². The number of fused-ring (bicyclic) bond motifs is 1. The van der Waals surface area contributed by atoms with Gasteiger partial charge >= 0.3 is 17.7 Å². The number of aliphatic carboxylic acids is 1. The molecule has 1 aliphatic heterocycles. The van der Waals surface area contributed by atoms with E-state index in [9.17, 15) is 18.0 Å². The van der Waals surface area contributed by atoms with E-state index in [-0.39, 0.29) is 21.4 Å². The number of carboxylic acids is 1. The van der Waals surface area contributed by atoms with Gasteiger partial charge < -0.3 is 14.6 Å². The highest BCUT2D eigenvalue weighted by atomic mass is 35.5. The quantitative estimate of drug-likeness (QED) is 0.668. The molecule has 1 unspecified atom stereocenters. The Morgan fingerprint density at radius 1 is 1.30 bits per heavy atom. The Balaban J connectivity index is 1.92. The molecule has 1 fully saturated rings. The fourth-order valence-corrected chi connectivity index (χ4v) is 3.93. The number of carbonyl (C=O) groups is 1. The first-order valence-electron chi connectivity index (χ1n) is 8.49. The molecule has 0 saturated heterocycles. The van der Waals surface area contributed by atoms with Crippen LogP contribution in [0.25, 0.3) is 6.08 Å². The molecule has 9 heteroatoms. The third kappa shape index (κ3) is 3.72. The Hall–Kier alpha value is -1.60. The molecular weight excluding hydrogens is 408 g/mol. The summed E-state index contributed by atoms with van der Waals surface area (Å²) in [5, 5.41) is 8.99. The van der Waals surface area contributed by atoms with E-state index in [2.05, 4.69) is 0 Å². The first-order chi connectivity index (χ1) is 12.7. The van der Waals surface area contributed by atoms with Crippen LogP contribution in [0.15, 0.2) is 12.1 Å². The van der Waals surface area contributed by atoms with Crippen molar-refractivity contribution in [3.63, 3.8) is 0 Å². The molecule has 4 nitrogen and oxygen atoms in total. The number of ether oxygens (including phenoxy) is 2. The van der Waals surface area contributed by atoms with Crippen LogP contribution in [-0.4, -0.2) is 29.5 Å². The molecule has 0 amide bonds. The monoisotopic (exact) mass is 424 g/mol. The van der Waals surface area contributed by atoms with Gasteiger partial charge in [-0.2, -0.15) is 13.2 Å². The second-order valence-electron chi connectivity index (χ2n) is 6.71. The van der Waals surface area contributed by atoms with Gasteiger partial charge in [0.2, 0.25) is 0 Å². The van der Waals surface area contributed by atoms with Crippen LogP contribution in [-0.2, 0) is 4.79 Å². The van der Waals surface area contributed by atoms with E-state index < -0.39 is 23.5 Å². The van der Waals surface area contributed by atoms with Crippen LogP contribution in [0.4, 0.5) is 13.2 Å². The Bertz CT molecular complexity index is 773. The zero-order chi connectivity index (χ0) is 19.8. The number of benzene rings is 1. The summed E-state index contributed by atoms with van der Waals surface area (Å²) in [5.74, 6) is -2.29. The molecule has 1 aromatic carbocycles. The third-order valence-corrected chi connectivity index (χ3v) is 5.47. The summed E-state index contributed by atoms with van der Waals surface area (Å²) < 4.78 is 50.7. The summed E-state index contributed by atoms with van der Waals surface area (Å²) in [6, 6.07) is 1.34. The molecule has 1 saturated carbocycles. The standard InChI is InChI=1S/C18H17Cl2F3O4/c19-12-8-11-6-7-17(16(24)25,18(21,22)23)27-14(11)13(20)15(12)26-9-10-4-2-1-3-5-10/h6-8,10H,1-5,9H2,(H,24,25). The zero-order valence-electron chi connectivity index (χ0n) is 14.1. The van der Waals surface area contributed by atoms with E-state index in [4.69, 9.17) is 37.8 Å². The van der Waals surface area contributed by atoms with E-state index in [0.29, 0.717) is 18.6 Å². The van der Waals surface area contributed by atoms with E-state index >= 15 is 0 Å². The molecule has 0 radical (unpaired) electrons. The molecule has 0 aromatic heterocycles. The van der Waals surface area contributed by atoms with E-state index in [0.717, 1.165) is 31.8 Å². The maximum atomic E-state index is 13.4. The van der Waals surface area contributed by atoms with Crippen molar-refractivity contribution < 1.29 is 32.5 Å². The van der Waals surface area contributed by atoms with Gasteiger partial charge in [-0.1, -0.05) is 48.5 Å². The minimum absolute atomic E-state index is 0.000537. The van der Waals surface area contributed by atoms with Crippen LogP contribution in [0.2, 0.25) is 10.0 Å². The fraction of sp³-hybridized carbons (Fsp3) is 0.500. The largest absolute Gasteiger partial charge is 0.490 e. The van der Waals surface area contributed by atoms with Gasteiger partial charge in [0.25, 0.3) is 0 Å². The van der Waals surface area contributed by atoms with E-state index in [1.54, 1.807) is 0 Å². The summed E-state index contributed by atoms with van der Waals surface area (Å²) in [7, 11) is 0. The average molecular weight is 425 g/mol. The summed E-state index contributed by atoms with van der Waals surface area (Å²) in [4.78, 5) is 11.3. The lowest BCUT2D eigenvalue weighted by atomic mass is 9.90. The molecule has 0 spiro atoms. The Morgan fingerprint density at radius 3 is 2.56 bits per heavy atom. The second-order valence-corrected chi connectivity index (χ2v) is 7.49. The van der Waals surface area contributed by atoms with Crippen molar-refractivity contribution in [3.05, 3.63) is 27.8 Å². The highest BCUT2D eigenvalue weighted by Gasteiger charge is 2.63. The van der Waals surface area contributed by atoms with E-state index in [1.807, 2.05) is 0 Å². The minimum atomic E-state index is -5.18. The van der Waals surface area contributed by atoms with Crippen LogP contribution >= 0.6 is 23.2 Å². The lowest BCUT2D eigenvalue weighted by Gasteiger charge is -2.33. The second kappa shape index (κ2) is 7.43. The maximum Gasteiger partial charge on any atom is 0.443 e. The van der Waals surface area contributed by atoms with Gasteiger partial charge in [-0.05, 0) is 30.9 Å². The van der Waals surface area contributed by atoms with Crippen LogP contribution in [0.5, 0.6) is 11.5 Å². The number of halogens is 5. The average Bonchev–Trinajstić information content (AvgIpc) is 2.61. The number of alkyl halides is 3. The smallest absolute Gasteiger partial charge is 0.443 e. The fourth-order valence-electron chi connectivity index (χ4n) is 3.31. The van der Waals surface area contributed by atoms with Crippen LogP contribution < -0.4 is 9.47 Å². The number of rotatable bonds is 4. The van der Waals surface area contributed by atoms with Crippen molar-refractivity contribution >= 4 is 35.2 Å². The van der Waals surface area contributed by atoms with Crippen LogP contribution in [0.1, 0.15) is 37.7 Å². The minimum Gasteiger partial charge on any atom is -0.490 e. The predicted molar refractivity (Wildman–Crippen MR) is 94.6 cm³/mol. The van der Waals surface area contributed by atoms with Gasteiger partial charge in [0.15, 0.2) is 11.5 Å². The first-order valence-corrected chi connectivity index (χ1v) is 9.24. The summed E-state index contributed by atoms with van der Waals surface area (Å²) >= 11 is 12.4.